The highest BCUT2D eigenvalue weighted by Crippen LogP contribution is 2.31. The molecule has 1 N–H and O–H groups in total. The minimum atomic E-state index is -0.0821. The Kier molecular flexibility index (Phi) is 4.51. The highest BCUT2D eigenvalue weighted by molar-refractivity contribution is 5.92. The van der Waals surface area contributed by atoms with E-state index in [9.17, 15) is 4.79 Å². The molecular formula is C19H18N4O3. The molecule has 0 unspecified atom stereocenters. The van der Waals surface area contributed by atoms with E-state index in [0.29, 0.717) is 37.6 Å². The molecule has 26 heavy (non-hydrogen) atoms. The van der Waals surface area contributed by atoms with Crippen LogP contribution in [-0.4, -0.2) is 33.9 Å². The average molecular weight is 350 g/mol. The number of fused-ring (bicyclic) bond motifs is 1. The SMILES string of the molecule is O=C(CCc1ccc2c(c1)OCCO2)Nc1cccnc1-n1cccn1. The fourth-order valence-electron chi connectivity index (χ4n) is 2.79. The molecule has 1 aromatic carbocycles. The quantitative estimate of drug-likeness (QED) is 0.765. The Morgan fingerprint density at radius 3 is 2.85 bits per heavy atom. The molecule has 1 amide bonds. The van der Waals surface area contributed by atoms with Gasteiger partial charge in [0.2, 0.25) is 5.91 Å². The van der Waals surface area contributed by atoms with Gasteiger partial charge in [0.15, 0.2) is 17.3 Å². The zero-order valence-corrected chi connectivity index (χ0v) is 14.1. The topological polar surface area (TPSA) is 78.3 Å². The zero-order valence-electron chi connectivity index (χ0n) is 14.1. The predicted molar refractivity (Wildman–Crippen MR) is 95.7 cm³/mol. The maximum absolute atomic E-state index is 12.4. The Morgan fingerprint density at radius 2 is 2.00 bits per heavy atom. The number of nitrogens with one attached hydrogen (secondary N) is 1. The Balaban J connectivity index is 1.41. The van der Waals surface area contributed by atoms with E-state index in [2.05, 4.69) is 15.4 Å². The lowest BCUT2D eigenvalue weighted by Crippen LogP contribution is -2.16. The molecule has 4 rings (SSSR count). The first-order valence-electron chi connectivity index (χ1n) is 8.43. The smallest absolute Gasteiger partial charge is 0.224 e. The van der Waals surface area contributed by atoms with Crippen molar-refractivity contribution in [3.8, 4) is 17.3 Å². The van der Waals surface area contributed by atoms with Gasteiger partial charge < -0.3 is 14.8 Å². The van der Waals surface area contributed by atoms with E-state index in [1.54, 1.807) is 29.3 Å². The Hall–Kier alpha value is -3.35. The summed E-state index contributed by atoms with van der Waals surface area (Å²) in [5, 5.41) is 7.08. The first kappa shape index (κ1) is 16.1. The summed E-state index contributed by atoms with van der Waals surface area (Å²) in [5.41, 5.74) is 1.66. The fraction of sp³-hybridized carbons (Fsp3) is 0.211. The molecule has 0 atom stereocenters. The molecule has 3 heterocycles. The lowest BCUT2D eigenvalue weighted by molar-refractivity contribution is -0.116. The van der Waals surface area contributed by atoms with Gasteiger partial charge in [-0.25, -0.2) is 9.67 Å². The highest BCUT2D eigenvalue weighted by atomic mass is 16.6. The second-order valence-electron chi connectivity index (χ2n) is 5.85. The number of aryl methyl sites for hydroxylation is 1. The van der Waals surface area contributed by atoms with Crippen molar-refractivity contribution >= 4 is 11.6 Å². The standard InChI is InChI=1S/C19H18N4O3/c24-18(7-5-14-4-6-16-17(13-14)26-12-11-25-16)22-15-3-1-8-20-19(15)23-10-2-9-21-23/h1-4,6,8-10,13H,5,7,11-12H2,(H,22,24). The number of ether oxygens (including phenoxy) is 2. The third-order valence-corrected chi connectivity index (χ3v) is 4.03. The van der Waals surface area contributed by atoms with Gasteiger partial charge in [0.05, 0.1) is 5.69 Å². The minimum absolute atomic E-state index is 0.0821. The van der Waals surface area contributed by atoms with Crippen LogP contribution in [0.1, 0.15) is 12.0 Å². The number of hydrogen-bond acceptors (Lipinski definition) is 5. The molecule has 0 saturated heterocycles. The number of nitrogens with zero attached hydrogens (tertiary/aromatic N) is 3. The molecule has 0 bridgehead atoms. The van der Waals surface area contributed by atoms with Crippen LogP contribution in [0.15, 0.2) is 55.0 Å². The van der Waals surface area contributed by atoms with Gasteiger partial charge in [-0.05, 0) is 42.3 Å². The minimum Gasteiger partial charge on any atom is -0.486 e. The molecule has 0 fully saturated rings. The summed E-state index contributed by atoms with van der Waals surface area (Å²) in [6, 6.07) is 11.2. The van der Waals surface area contributed by atoms with Gasteiger partial charge in [0, 0.05) is 25.0 Å². The lowest BCUT2D eigenvalue weighted by atomic mass is 10.1. The maximum Gasteiger partial charge on any atom is 0.224 e. The van der Waals surface area contributed by atoms with Gasteiger partial charge in [-0.15, -0.1) is 0 Å². The molecule has 132 valence electrons. The second kappa shape index (κ2) is 7.26. The summed E-state index contributed by atoms with van der Waals surface area (Å²) in [7, 11) is 0. The van der Waals surface area contributed by atoms with Gasteiger partial charge in [0.1, 0.15) is 13.2 Å². The number of benzene rings is 1. The molecular weight excluding hydrogens is 332 g/mol. The van der Waals surface area contributed by atoms with Crippen LogP contribution in [0.25, 0.3) is 5.82 Å². The molecule has 1 aliphatic rings. The first-order chi connectivity index (χ1) is 12.8. The lowest BCUT2D eigenvalue weighted by Gasteiger charge is -2.18. The number of aromatic nitrogens is 3. The summed E-state index contributed by atoms with van der Waals surface area (Å²) in [5.74, 6) is 2.00. The molecule has 0 radical (unpaired) electrons. The number of hydrogen-bond donors (Lipinski definition) is 1. The van der Waals surface area contributed by atoms with Crippen LogP contribution in [0, 0.1) is 0 Å². The van der Waals surface area contributed by atoms with Gasteiger partial charge in [-0.2, -0.15) is 5.10 Å². The number of carbonyl (C=O) groups is 1. The van der Waals surface area contributed by atoms with Crippen molar-refractivity contribution in [2.75, 3.05) is 18.5 Å². The number of amides is 1. The Labute approximate surface area is 150 Å². The van der Waals surface area contributed by atoms with E-state index in [1.807, 2.05) is 30.3 Å². The van der Waals surface area contributed by atoms with Crippen molar-refractivity contribution in [2.45, 2.75) is 12.8 Å². The summed E-state index contributed by atoms with van der Waals surface area (Å²) < 4.78 is 12.7. The normalized spacial score (nSPS) is 12.6. The average Bonchev–Trinajstić information content (AvgIpc) is 3.21. The summed E-state index contributed by atoms with van der Waals surface area (Å²) in [4.78, 5) is 16.7. The Morgan fingerprint density at radius 1 is 1.12 bits per heavy atom. The number of carbonyl (C=O) groups excluding carboxylic acids is 1. The molecule has 0 spiro atoms. The molecule has 1 aliphatic heterocycles. The van der Waals surface area contributed by atoms with Crippen LogP contribution < -0.4 is 14.8 Å². The largest absolute Gasteiger partial charge is 0.486 e. The zero-order chi connectivity index (χ0) is 17.8. The van der Waals surface area contributed by atoms with Crippen molar-refractivity contribution < 1.29 is 14.3 Å². The molecule has 0 saturated carbocycles. The monoisotopic (exact) mass is 350 g/mol. The van der Waals surface area contributed by atoms with Crippen molar-refractivity contribution in [1.29, 1.82) is 0 Å². The number of rotatable bonds is 5. The van der Waals surface area contributed by atoms with Gasteiger partial charge >= 0.3 is 0 Å². The molecule has 7 nitrogen and oxygen atoms in total. The van der Waals surface area contributed by atoms with E-state index in [1.165, 1.54) is 0 Å². The van der Waals surface area contributed by atoms with Crippen LogP contribution in [0.2, 0.25) is 0 Å². The van der Waals surface area contributed by atoms with Crippen LogP contribution in [-0.2, 0) is 11.2 Å². The highest BCUT2D eigenvalue weighted by Gasteiger charge is 2.13. The number of anilines is 1. The van der Waals surface area contributed by atoms with Crippen molar-refractivity contribution in [3.05, 3.63) is 60.6 Å². The van der Waals surface area contributed by atoms with Gasteiger partial charge in [-0.1, -0.05) is 6.07 Å². The van der Waals surface area contributed by atoms with Crippen LogP contribution in [0.3, 0.4) is 0 Å². The van der Waals surface area contributed by atoms with E-state index < -0.39 is 0 Å². The predicted octanol–water partition coefficient (Wildman–Crippen LogP) is 2.61. The van der Waals surface area contributed by atoms with Crippen molar-refractivity contribution in [3.63, 3.8) is 0 Å². The first-order valence-corrected chi connectivity index (χ1v) is 8.43. The van der Waals surface area contributed by atoms with E-state index in [-0.39, 0.29) is 5.91 Å². The maximum atomic E-state index is 12.4. The Bertz CT molecular complexity index is 909. The van der Waals surface area contributed by atoms with E-state index in [0.717, 1.165) is 17.1 Å². The van der Waals surface area contributed by atoms with Crippen LogP contribution in [0.5, 0.6) is 11.5 Å². The molecule has 3 aromatic rings. The molecule has 0 aliphatic carbocycles. The number of pyridine rings is 1. The summed E-state index contributed by atoms with van der Waals surface area (Å²) in [6.45, 7) is 1.12. The third kappa shape index (κ3) is 3.51. The fourth-order valence-corrected chi connectivity index (χ4v) is 2.79. The van der Waals surface area contributed by atoms with Gasteiger partial charge in [-0.3, -0.25) is 4.79 Å². The summed E-state index contributed by atoms with van der Waals surface area (Å²) in [6.07, 6.45) is 6.09. The van der Waals surface area contributed by atoms with Crippen LogP contribution in [0.4, 0.5) is 5.69 Å². The second-order valence-corrected chi connectivity index (χ2v) is 5.85. The summed E-state index contributed by atoms with van der Waals surface area (Å²) >= 11 is 0. The van der Waals surface area contributed by atoms with E-state index >= 15 is 0 Å². The van der Waals surface area contributed by atoms with Crippen LogP contribution >= 0.6 is 0 Å². The van der Waals surface area contributed by atoms with Crippen molar-refractivity contribution in [2.24, 2.45) is 0 Å². The third-order valence-electron chi connectivity index (χ3n) is 4.03. The van der Waals surface area contributed by atoms with Crippen molar-refractivity contribution in [1.82, 2.24) is 14.8 Å². The molecule has 7 heteroatoms. The molecule has 2 aromatic heterocycles. The van der Waals surface area contributed by atoms with E-state index in [4.69, 9.17) is 9.47 Å². The van der Waals surface area contributed by atoms with Gasteiger partial charge in [0.25, 0.3) is 0 Å².